The van der Waals surface area contributed by atoms with Crippen molar-refractivity contribution in [3.63, 3.8) is 0 Å². The first-order valence-electron chi connectivity index (χ1n) is 5.34. The van der Waals surface area contributed by atoms with Crippen LogP contribution < -0.4 is 4.72 Å². The summed E-state index contributed by atoms with van der Waals surface area (Å²) in [5.41, 5.74) is 0. The molecule has 1 heterocycles. The van der Waals surface area contributed by atoms with Gasteiger partial charge in [0.2, 0.25) is 10.0 Å². The number of carbonyl (C=O) groups is 1. The molecule has 0 bridgehead atoms. The Morgan fingerprint density at radius 2 is 2.06 bits per heavy atom. The molecule has 106 valence electrons. The van der Waals surface area contributed by atoms with Crippen molar-refractivity contribution in [2.24, 2.45) is 11.8 Å². The molecule has 0 unspecified atom stereocenters. The summed E-state index contributed by atoms with van der Waals surface area (Å²) in [5.74, 6) is -5.59. The number of likely N-dealkylation sites (tertiary alicyclic amines) is 1. The van der Waals surface area contributed by atoms with Crippen LogP contribution in [0.2, 0.25) is 0 Å². The summed E-state index contributed by atoms with van der Waals surface area (Å²) in [6.07, 6.45) is -0.409. The maximum atomic E-state index is 13.8. The molecule has 0 spiro atoms. The van der Waals surface area contributed by atoms with Crippen molar-refractivity contribution < 1.29 is 27.1 Å². The van der Waals surface area contributed by atoms with Gasteiger partial charge in [-0.2, -0.15) is 0 Å². The van der Waals surface area contributed by atoms with Crippen LogP contribution in [0, 0.1) is 11.8 Å². The molecule has 2 atom stereocenters. The number of amides is 1. The molecule has 1 aliphatic heterocycles. The molecule has 1 aliphatic rings. The fourth-order valence-corrected chi connectivity index (χ4v) is 2.43. The smallest absolute Gasteiger partial charge is 0.407 e. The zero-order chi connectivity index (χ0) is 14.1. The zero-order valence-corrected chi connectivity index (χ0v) is 10.9. The number of nitrogens with zero attached hydrogens (tertiary/aromatic N) is 1. The van der Waals surface area contributed by atoms with E-state index in [9.17, 15) is 22.0 Å². The summed E-state index contributed by atoms with van der Waals surface area (Å²) < 4.78 is 51.4. The normalized spacial score (nSPS) is 28.1. The maximum absolute atomic E-state index is 13.8. The van der Waals surface area contributed by atoms with Crippen LogP contribution in [-0.2, 0) is 10.0 Å². The van der Waals surface area contributed by atoms with Crippen LogP contribution in [0.5, 0.6) is 0 Å². The second-order valence-electron chi connectivity index (χ2n) is 4.58. The van der Waals surface area contributed by atoms with E-state index in [0.717, 1.165) is 11.2 Å². The molecule has 1 amide bonds. The number of alkyl halides is 2. The van der Waals surface area contributed by atoms with Crippen LogP contribution in [0.15, 0.2) is 0 Å². The maximum Gasteiger partial charge on any atom is 0.407 e. The lowest BCUT2D eigenvalue weighted by molar-refractivity contribution is -0.136. The van der Waals surface area contributed by atoms with Crippen LogP contribution in [0.25, 0.3) is 0 Å². The van der Waals surface area contributed by atoms with E-state index in [1.165, 1.54) is 6.92 Å². The quantitative estimate of drug-likeness (QED) is 0.787. The Morgan fingerprint density at radius 1 is 1.50 bits per heavy atom. The number of hydrogen-bond acceptors (Lipinski definition) is 3. The Bertz CT molecular complexity index is 426. The van der Waals surface area contributed by atoms with Gasteiger partial charge in [-0.15, -0.1) is 0 Å². The molecule has 0 aliphatic carbocycles. The van der Waals surface area contributed by atoms with E-state index in [1.54, 1.807) is 0 Å². The monoisotopic (exact) mass is 286 g/mol. The third kappa shape index (κ3) is 3.52. The van der Waals surface area contributed by atoms with Gasteiger partial charge in [0, 0.05) is 25.6 Å². The highest BCUT2D eigenvalue weighted by Crippen LogP contribution is 2.37. The second kappa shape index (κ2) is 4.96. The molecule has 0 radical (unpaired) electrons. The molecule has 0 aromatic heterocycles. The average molecular weight is 286 g/mol. The molecular weight excluding hydrogens is 270 g/mol. The predicted octanol–water partition coefficient (Wildman–Crippen LogP) is 0.417. The Morgan fingerprint density at radius 3 is 2.50 bits per heavy atom. The Labute approximate surface area is 104 Å². The van der Waals surface area contributed by atoms with Gasteiger partial charge in [0.1, 0.15) is 0 Å². The number of piperidine rings is 1. The number of carboxylic acid groups (broad SMARTS) is 1. The van der Waals surface area contributed by atoms with Gasteiger partial charge in [-0.3, -0.25) is 0 Å². The van der Waals surface area contributed by atoms with E-state index < -0.39 is 40.4 Å². The lowest BCUT2D eigenvalue weighted by atomic mass is 9.86. The molecule has 2 N–H and O–H groups in total. The fourth-order valence-electron chi connectivity index (χ4n) is 1.93. The third-order valence-corrected chi connectivity index (χ3v) is 3.69. The topological polar surface area (TPSA) is 86.7 Å². The fraction of sp³-hybridized carbons (Fsp3) is 0.889. The van der Waals surface area contributed by atoms with Gasteiger partial charge in [-0.05, 0) is 0 Å². The summed E-state index contributed by atoms with van der Waals surface area (Å²) in [6.45, 7) is 0.148. The Kier molecular flexibility index (Phi) is 4.16. The molecule has 9 heteroatoms. The van der Waals surface area contributed by atoms with Crippen molar-refractivity contribution in [1.29, 1.82) is 0 Å². The van der Waals surface area contributed by atoms with Crippen LogP contribution in [0.1, 0.15) is 6.92 Å². The predicted molar refractivity (Wildman–Crippen MR) is 60.0 cm³/mol. The Balaban J connectivity index is 2.80. The van der Waals surface area contributed by atoms with Gasteiger partial charge in [0.15, 0.2) is 0 Å². The second-order valence-corrected chi connectivity index (χ2v) is 6.41. The first kappa shape index (κ1) is 15.1. The van der Waals surface area contributed by atoms with E-state index in [4.69, 9.17) is 5.11 Å². The molecule has 1 rings (SSSR count). The van der Waals surface area contributed by atoms with Crippen molar-refractivity contribution in [2.45, 2.75) is 12.8 Å². The molecule has 6 nitrogen and oxygen atoms in total. The van der Waals surface area contributed by atoms with Gasteiger partial charge < -0.3 is 10.0 Å². The number of halogens is 2. The van der Waals surface area contributed by atoms with Crippen molar-refractivity contribution in [2.75, 3.05) is 25.9 Å². The molecule has 0 saturated carbocycles. The van der Waals surface area contributed by atoms with Gasteiger partial charge in [-0.25, -0.2) is 26.7 Å². The van der Waals surface area contributed by atoms with Crippen molar-refractivity contribution in [3.05, 3.63) is 0 Å². The van der Waals surface area contributed by atoms with Crippen molar-refractivity contribution in [1.82, 2.24) is 9.62 Å². The van der Waals surface area contributed by atoms with Gasteiger partial charge >= 0.3 is 6.09 Å². The number of hydrogen-bond donors (Lipinski definition) is 2. The van der Waals surface area contributed by atoms with E-state index >= 15 is 0 Å². The van der Waals surface area contributed by atoms with Gasteiger partial charge in [0.05, 0.1) is 12.2 Å². The highest BCUT2D eigenvalue weighted by atomic mass is 32.2. The molecule has 18 heavy (non-hydrogen) atoms. The first-order valence-corrected chi connectivity index (χ1v) is 7.23. The molecule has 0 aromatic carbocycles. The largest absolute Gasteiger partial charge is 0.465 e. The van der Waals surface area contributed by atoms with Gasteiger partial charge in [0.25, 0.3) is 5.92 Å². The minimum Gasteiger partial charge on any atom is -0.465 e. The standard InChI is InChI=1S/C9H16F2N2O4S/c1-6-4-13(8(14)15)5-7(9(6,10)11)3-12-18(2,16)17/h6-7,12H,3-5H2,1-2H3,(H,14,15)/t6-,7+/m0/s1. The lowest BCUT2D eigenvalue weighted by Crippen LogP contribution is -2.56. The van der Waals surface area contributed by atoms with E-state index in [0.29, 0.717) is 0 Å². The first-order chi connectivity index (χ1) is 8.04. The van der Waals surface area contributed by atoms with Crippen LogP contribution >= 0.6 is 0 Å². The summed E-state index contributed by atoms with van der Waals surface area (Å²) >= 11 is 0. The van der Waals surface area contributed by atoms with Crippen molar-refractivity contribution >= 4 is 16.1 Å². The molecular formula is C9H16F2N2O4S. The molecule has 0 aromatic rings. The summed E-state index contributed by atoms with van der Waals surface area (Å²) in [4.78, 5) is 11.7. The van der Waals surface area contributed by atoms with Crippen LogP contribution in [0.3, 0.4) is 0 Å². The Hall–Kier alpha value is -0.960. The van der Waals surface area contributed by atoms with E-state index in [-0.39, 0.29) is 13.1 Å². The average Bonchev–Trinajstić information content (AvgIpc) is 2.18. The van der Waals surface area contributed by atoms with E-state index in [2.05, 4.69) is 0 Å². The summed E-state index contributed by atoms with van der Waals surface area (Å²) in [6, 6.07) is 0. The number of sulfonamides is 1. The zero-order valence-electron chi connectivity index (χ0n) is 10.1. The summed E-state index contributed by atoms with van der Waals surface area (Å²) in [5, 5.41) is 8.81. The number of rotatable bonds is 3. The summed E-state index contributed by atoms with van der Waals surface area (Å²) in [7, 11) is -3.58. The highest BCUT2D eigenvalue weighted by Gasteiger charge is 2.50. The highest BCUT2D eigenvalue weighted by molar-refractivity contribution is 7.88. The van der Waals surface area contributed by atoms with E-state index in [1.807, 2.05) is 4.72 Å². The molecule has 1 saturated heterocycles. The number of nitrogens with one attached hydrogen (secondary N) is 1. The van der Waals surface area contributed by atoms with Gasteiger partial charge in [-0.1, -0.05) is 6.92 Å². The SMILES string of the molecule is C[C@H]1CN(C(=O)O)C[C@@H](CNS(C)(=O)=O)C1(F)F. The lowest BCUT2D eigenvalue weighted by Gasteiger charge is -2.41. The van der Waals surface area contributed by atoms with Crippen LogP contribution in [-0.4, -0.2) is 56.3 Å². The minimum absolute atomic E-state index is 0.252. The minimum atomic E-state index is -3.58. The molecule has 1 fully saturated rings. The third-order valence-electron chi connectivity index (χ3n) is 3.00. The van der Waals surface area contributed by atoms with Crippen LogP contribution in [0.4, 0.5) is 13.6 Å². The van der Waals surface area contributed by atoms with Crippen molar-refractivity contribution in [3.8, 4) is 0 Å².